The summed E-state index contributed by atoms with van der Waals surface area (Å²) in [5.41, 5.74) is -0.577. The number of nitrogens with one attached hydrogen (secondary N) is 1. The standard InChI is InChI=1S/C22H16F3NO3/c23-22(24,25)18-10-3-4-11-19(18)26-20(27)14-29-21(28)13-12-16-8-5-7-15-6-1-2-9-17(15)16/h1-13H,14H2,(H,26,27)/b13-12+. The number of halogens is 3. The van der Waals surface area contributed by atoms with Crippen molar-refractivity contribution in [2.24, 2.45) is 0 Å². The first-order valence-corrected chi connectivity index (χ1v) is 8.63. The molecule has 3 aromatic carbocycles. The van der Waals surface area contributed by atoms with Crippen LogP contribution < -0.4 is 5.32 Å². The minimum atomic E-state index is -4.61. The van der Waals surface area contributed by atoms with E-state index >= 15 is 0 Å². The number of carbonyl (C=O) groups excluding carboxylic acids is 2. The highest BCUT2D eigenvalue weighted by Gasteiger charge is 2.33. The molecule has 148 valence electrons. The summed E-state index contributed by atoms with van der Waals surface area (Å²) in [4.78, 5) is 23.7. The topological polar surface area (TPSA) is 55.4 Å². The second-order valence-corrected chi connectivity index (χ2v) is 6.10. The third-order valence-electron chi connectivity index (χ3n) is 4.07. The van der Waals surface area contributed by atoms with Crippen LogP contribution in [-0.4, -0.2) is 18.5 Å². The molecule has 0 fully saturated rings. The van der Waals surface area contributed by atoms with E-state index in [-0.39, 0.29) is 0 Å². The van der Waals surface area contributed by atoms with E-state index in [1.807, 2.05) is 42.5 Å². The van der Waals surface area contributed by atoms with Gasteiger partial charge in [0.15, 0.2) is 6.61 Å². The summed E-state index contributed by atoms with van der Waals surface area (Å²) in [5, 5.41) is 4.06. The van der Waals surface area contributed by atoms with Gasteiger partial charge in [0.1, 0.15) is 0 Å². The van der Waals surface area contributed by atoms with E-state index in [4.69, 9.17) is 4.74 Å². The maximum atomic E-state index is 12.9. The molecule has 0 bridgehead atoms. The Hall–Kier alpha value is -3.61. The first-order chi connectivity index (χ1) is 13.8. The summed E-state index contributed by atoms with van der Waals surface area (Å²) in [6.45, 7) is -0.703. The molecule has 4 nitrogen and oxygen atoms in total. The smallest absolute Gasteiger partial charge is 0.418 e. The lowest BCUT2D eigenvalue weighted by Gasteiger charge is -2.13. The molecule has 3 rings (SSSR count). The van der Waals surface area contributed by atoms with Crippen molar-refractivity contribution in [3.63, 3.8) is 0 Å². The minimum Gasteiger partial charge on any atom is -0.452 e. The van der Waals surface area contributed by atoms with Crippen molar-refractivity contribution in [3.05, 3.63) is 83.9 Å². The Balaban J connectivity index is 1.60. The molecule has 0 aromatic heterocycles. The van der Waals surface area contributed by atoms with Gasteiger partial charge in [-0.05, 0) is 34.5 Å². The van der Waals surface area contributed by atoms with E-state index in [1.54, 1.807) is 6.08 Å². The summed E-state index contributed by atoms with van der Waals surface area (Å²) in [7, 11) is 0. The lowest BCUT2D eigenvalue weighted by molar-refractivity contribution is -0.142. The Labute approximate surface area is 164 Å². The van der Waals surface area contributed by atoms with Crippen LogP contribution in [0.25, 0.3) is 16.8 Å². The molecule has 7 heteroatoms. The van der Waals surface area contributed by atoms with E-state index in [0.29, 0.717) is 0 Å². The zero-order chi connectivity index (χ0) is 20.9. The first kappa shape index (κ1) is 20.1. The summed E-state index contributed by atoms with van der Waals surface area (Å²) in [6, 6.07) is 17.8. The average molecular weight is 399 g/mol. The van der Waals surface area contributed by atoms with Crippen LogP contribution in [0.5, 0.6) is 0 Å². The van der Waals surface area contributed by atoms with Crippen LogP contribution in [0.3, 0.4) is 0 Å². The summed E-state index contributed by atoms with van der Waals surface area (Å²) in [5.74, 6) is -1.65. The highest BCUT2D eigenvalue weighted by molar-refractivity contribution is 5.97. The van der Waals surface area contributed by atoms with Gasteiger partial charge in [-0.25, -0.2) is 4.79 Å². The predicted octanol–water partition coefficient (Wildman–Crippen LogP) is 5.05. The molecular weight excluding hydrogens is 383 g/mol. The Morgan fingerprint density at radius 3 is 2.41 bits per heavy atom. The Morgan fingerprint density at radius 1 is 0.931 bits per heavy atom. The van der Waals surface area contributed by atoms with Crippen molar-refractivity contribution >= 4 is 34.4 Å². The molecule has 29 heavy (non-hydrogen) atoms. The van der Waals surface area contributed by atoms with E-state index in [1.165, 1.54) is 18.2 Å². The zero-order valence-electron chi connectivity index (χ0n) is 15.1. The highest BCUT2D eigenvalue weighted by atomic mass is 19.4. The molecule has 1 amide bonds. The molecule has 0 aliphatic rings. The lowest BCUT2D eigenvalue weighted by atomic mass is 10.0. The second kappa shape index (κ2) is 8.60. The molecule has 0 saturated carbocycles. The fourth-order valence-corrected chi connectivity index (χ4v) is 2.76. The van der Waals surface area contributed by atoms with Gasteiger partial charge in [0.05, 0.1) is 11.3 Å². The molecule has 0 radical (unpaired) electrons. The number of hydrogen-bond donors (Lipinski definition) is 1. The number of alkyl halides is 3. The number of benzene rings is 3. The molecule has 0 saturated heterocycles. The van der Waals surface area contributed by atoms with Gasteiger partial charge in [-0.3, -0.25) is 4.79 Å². The van der Waals surface area contributed by atoms with Gasteiger partial charge >= 0.3 is 12.1 Å². The third kappa shape index (κ3) is 5.22. The van der Waals surface area contributed by atoms with Gasteiger partial charge in [-0.15, -0.1) is 0 Å². The van der Waals surface area contributed by atoms with Crippen molar-refractivity contribution < 1.29 is 27.5 Å². The molecule has 0 aliphatic carbocycles. The number of carbonyl (C=O) groups is 2. The van der Waals surface area contributed by atoms with Crippen molar-refractivity contribution in [3.8, 4) is 0 Å². The summed E-state index contributed by atoms with van der Waals surface area (Å²) < 4.78 is 43.6. The van der Waals surface area contributed by atoms with E-state index in [2.05, 4.69) is 5.32 Å². The van der Waals surface area contributed by atoms with Gasteiger partial charge in [0, 0.05) is 6.08 Å². The molecule has 0 atom stereocenters. The maximum absolute atomic E-state index is 12.9. The van der Waals surface area contributed by atoms with Gasteiger partial charge in [-0.1, -0.05) is 54.6 Å². The van der Waals surface area contributed by atoms with Crippen molar-refractivity contribution in [2.45, 2.75) is 6.18 Å². The van der Waals surface area contributed by atoms with E-state index in [9.17, 15) is 22.8 Å². The van der Waals surface area contributed by atoms with E-state index < -0.39 is 35.9 Å². The zero-order valence-corrected chi connectivity index (χ0v) is 15.1. The van der Waals surface area contributed by atoms with Gasteiger partial charge in [-0.2, -0.15) is 13.2 Å². The highest BCUT2D eigenvalue weighted by Crippen LogP contribution is 2.34. The fourth-order valence-electron chi connectivity index (χ4n) is 2.76. The fraction of sp³-hybridized carbons (Fsp3) is 0.0909. The van der Waals surface area contributed by atoms with Crippen LogP contribution in [-0.2, 0) is 20.5 Å². The van der Waals surface area contributed by atoms with Crippen LogP contribution in [0.2, 0.25) is 0 Å². The molecular formula is C22H16F3NO3. The number of amides is 1. The molecule has 0 spiro atoms. The molecule has 3 aromatic rings. The normalized spacial score (nSPS) is 11.6. The monoisotopic (exact) mass is 399 g/mol. The van der Waals surface area contributed by atoms with Crippen LogP contribution in [0.1, 0.15) is 11.1 Å². The first-order valence-electron chi connectivity index (χ1n) is 8.63. The third-order valence-corrected chi connectivity index (χ3v) is 4.07. The van der Waals surface area contributed by atoms with Gasteiger partial charge < -0.3 is 10.1 Å². The van der Waals surface area contributed by atoms with Crippen LogP contribution >= 0.6 is 0 Å². The van der Waals surface area contributed by atoms with Gasteiger partial charge in [0.2, 0.25) is 0 Å². The van der Waals surface area contributed by atoms with Crippen molar-refractivity contribution in [1.29, 1.82) is 0 Å². The van der Waals surface area contributed by atoms with Crippen LogP contribution in [0.4, 0.5) is 18.9 Å². The largest absolute Gasteiger partial charge is 0.452 e. The Bertz CT molecular complexity index is 1070. The molecule has 0 unspecified atom stereocenters. The molecule has 0 aliphatic heterocycles. The van der Waals surface area contributed by atoms with Crippen molar-refractivity contribution in [1.82, 2.24) is 0 Å². The Morgan fingerprint density at radius 2 is 1.62 bits per heavy atom. The summed E-state index contributed by atoms with van der Waals surface area (Å²) in [6.07, 6.45) is -1.89. The SMILES string of the molecule is O=C(COC(=O)/C=C/c1cccc2ccccc12)Nc1ccccc1C(F)(F)F. The molecule has 0 heterocycles. The van der Waals surface area contributed by atoms with Gasteiger partial charge in [0.25, 0.3) is 5.91 Å². The number of ether oxygens (including phenoxy) is 1. The minimum absolute atomic E-state index is 0.396. The number of esters is 1. The number of hydrogen-bond acceptors (Lipinski definition) is 3. The van der Waals surface area contributed by atoms with E-state index in [0.717, 1.165) is 28.5 Å². The maximum Gasteiger partial charge on any atom is 0.418 e. The summed E-state index contributed by atoms with van der Waals surface area (Å²) >= 11 is 0. The van der Waals surface area contributed by atoms with Crippen LogP contribution in [0, 0.1) is 0 Å². The second-order valence-electron chi connectivity index (χ2n) is 6.10. The predicted molar refractivity (Wildman–Crippen MR) is 104 cm³/mol. The average Bonchev–Trinajstić information content (AvgIpc) is 2.70. The van der Waals surface area contributed by atoms with Crippen LogP contribution in [0.15, 0.2) is 72.8 Å². The van der Waals surface area contributed by atoms with Crippen molar-refractivity contribution in [2.75, 3.05) is 11.9 Å². The number of para-hydroxylation sites is 1. The lowest BCUT2D eigenvalue weighted by Crippen LogP contribution is -2.22. The Kier molecular flexibility index (Phi) is 5.97. The number of rotatable bonds is 5. The number of fused-ring (bicyclic) bond motifs is 1. The molecule has 1 N–H and O–H groups in total. The quantitative estimate of drug-likeness (QED) is 0.482. The number of anilines is 1.